The molecule has 0 aliphatic heterocycles. The summed E-state index contributed by atoms with van der Waals surface area (Å²) in [7, 11) is 1.57. The second-order valence-electron chi connectivity index (χ2n) is 5.48. The quantitative estimate of drug-likeness (QED) is 0.721. The Bertz CT molecular complexity index is 577. The van der Waals surface area contributed by atoms with Crippen LogP contribution in [0.2, 0.25) is 0 Å². The first-order valence-corrected chi connectivity index (χ1v) is 6.69. The topological polar surface area (TPSA) is 70.2 Å². The van der Waals surface area contributed by atoms with E-state index >= 15 is 0 Å². The summed E-state index contributed by atoms with van der Waals surface area (Å²) in [6.07, 6.45) is 0. The molecule has 1 aromatic rings. The minimum absolute atomic E-state index is 0.182. The highest BCUT2D eigenvalue weighted by Crippen LogP contribution is 2.06. The highest BCUT2D eigenvalue weighted by Gasteiger charge is 2.12. The second-order valence-corrected chi connectivity index (χ2v) is 5.48. The summed E-state index contributed by atoms with van der Waals surface area (Å²) in [6.45, 7) is 5.91. The molecule has 0 aliphatic carbocycles. The van der Waals surface area contributed by atoms with Crippen molar-refractivity contribution < 1.29 is 9.59 Å². The van der Waals surface area contributed by atoms with Crippen LogP contribution in [0.3, 0.4) is 0 Å². The molecule has 0 aliphatic rings. The van der Waals surface area contributed by atoms with Crippen molar-refractivity contribution in [2.45, 2.75) is 26.3 Å². The zero-order valence-corrected chi connectivity index (χ0v) is 12.8. The molecule has 21 heavy (non-hydrogen) atoms. The molecule has 5 heteroatoms. The fourth-order valence-electron chi connectivity index (χ4n) is 1.57. The summed E-state index contributed by atoms with van der Waals surface area (Å²) in [6, 6.07) is 6.81. The molecule has 0 saturated heterocycles. The molecule has 1 aromatic carbocycles. The Hall–Kier alpha value is -2.48. The summed E-state index contributed by atoms with van der Waals surface area (Å²) in [5.74, 6) is 5.55. The lowest BCUT2D eigenvalue weighted by Crippen LogP contribution is -2.46. The van der Waals surface area contributed by atoms with Gasteiger partial charge < -0.3 is 16.0 Å². The molecule has 0 aromatic heterocycles. The Kier molecular flexibility index (Phi) is 5.79. The van der Waals surface area contributed by atoms with Crippen LogP contribution in [-0.4, -0.2) is 31.1 Å². The van der Waals surface area contributed by atoms with E-state index in [-0.39, 0.29) is 24.0 Å². The largest absolute Gasteiger partial charge is 0.355 e. The third-order valence-corrected chi connectivity index (χ3v) is 2.45. The van der Waals surface area contributed by atoms with E-state index in [9.17, 15) is 9.59 Å². The van der Waals surface area contributed by atoms with Gasteiger partial charge in [0.15, 0.2) is 0 Å². The molecule has 0 spiro atoms. The van der Waals surface area contributed by atoms with Crippen molar-refractivity contribution in [2.75, 3.05) is 13.6 Å². The molecule has 0 radical (unpaired) electrons. The maximum atomic E-state index is 11.7. The van der Waals surface area contributed by atoms with Crippen molar-refractivity contribution >= 4 is 11.9 Å². The standard InChI is InChI=1S/C16H21N3O2/c1-16(2,3)19-15(21)18-11-7-9-12-8-5-6-10-13(12)14(20)17-4/h5-6,8,10H,11H2,1-4H3,(H,17,20)(H2,18,19,21). The van der Waals surface area contributed by atoms with Gasteiger partial charge in [0.2, 0.25) is 0 Å². The molecule has 0 bridgehead atoms. The average molecular weight is 287 g/mol. The van der Waals surface area contributed by atoms with Crippen LogP contribution < -0.4 is 16.0 Å². The van der Waals surface area contributed by atoms with Gasteiger partial charge in [0.1, 0.15) is 0 Å². The Balaban J connectivity index is 2.64. The Morgan fingerprint density at radius 1 is 1.19 bits per heavy atom. The molecule has 112 valence electrons. The van der Waals surface area contributed by atoms with Crippen LogP contribution in [0, 0.1) is 11.8 Å². The smallest absolute Gasteiger partial charge is 0.315 e. The van der Waals surface area contributed by atoms with Gasteiger partial charge in [0.25, 0.3) is 5.91 Å². The lowest BCUT2D eigenvalue weighted by molar-refractivity contribution is 0.0963. The van der Waals surface area contributed by atoms with Gasteiger partial charge in [-0.25, -0.2) is 4.79 Å². The average Bonchev–Trinajstić information content (AvgIpc) is 2.41. The molecular weight excluding hydrogens is 266 g/mol. The molecule has 0 heterocycles. The van der Waals surface area contributed by atoms with E-state index < -0.39 is 0 Å². The zero-order valence-electron chi connectivity index (χ0n) is 12.8. The first kappa shape index (κ1) is 16.6. The highest BCUT2D eigenvalue weighted by molar-refractivity contribution is 5.96. The maximum absolute atomic E-state index is 11.7. The number of nitrogens with one attached hydrogen (secondary N) is 3. The molecule has 0 saturated carbocycles. The van der Waals surface area contributed by atoms with Crippen LogP contribution in [0.25, 0.3) is 0 Å². The van der Waals surface area contributed by atoms with Crippen LogP contribution in [0.4, 0.5) is 4.79 Å². The SMILES string of the molecule is CNC(=O)c1ccccc1C#CCNC(=O)NC(C)(C)C. The number of benzene rings is 1. The van der Waals surface area contributed by atoms with Crippen molar-refractivity contribution in [1.82, 2.24) is 16.0 Å². The number of hydrogen-bond acceptors (Lipinski definition) is 2. The second kappa shape index (κ2) is 7.34. The van der Waals surface area contributed by atoms with Gasteiger partial charge in [-0.15, -0.1) is 0 Å². The third-order valence-electron chi connectivity index (χ3n) is 2.45. The number of hydrogen-bond donors (Lipinski definition) is 3. The maximum Gasteiger partial charge on any atom is 0.315 e. The normalized spacial score (nSPS) is 10.1. The van der Waals surface area contributed by atoms with Crippen molar-refractivity contribution in [3.05, 3.63) is 35.4 Å². The third kappa shape index (κ3) is 6.00. The summed E-state index contributed by atoms with van der Waals surface area (Å²) >= 11 is 0. The number of carbonyl (C=O) groups is 2. The molecule has 5 nitrogen and oxygen atoms in total. The summed E-state index contributed by atoms with van der Waals surface area (Å²) < 4.78 is 0. The minimum Gasteiger partial charge on any atom is -0.355 e. The fraction of sp³-hybridized carbons (Fsp3) is 0.375. The first-order chi connectivity index (χ1) is 9.83. The summed E-state index contributed by atoms with van der Waals surface area (Å²) in [4.78, 5) is 23.2. The van der Waals surface area contributed by atoms with Crippen LogP contribution in [0.5, 0.6) is 0 Å². The molecule has 3 N–H and O–H groups in total. The van der Waals surface area contributed by atoms with Crippen molar-refractivity contribution in [3.8, 4) is 11.8 Å². The predicted molar refractivity (Wildman–Crippen MR) is 83.0 cm³/mol. The first-order valence-electron chi connectivity index (χ1n) is 6.69. The van der Waals surface area contributed by atoms with E-state index in [4.69, 9.17) is 0 Å². The molecule has 1 rings (SSSR count). The van der Waals surface area contributed by atoms with Crippen LogP contribution in [0.1, 0.15) is 36.7 Å². The van der Waals surface area contributed by atoms with Gasteiger partial charge in [0.05, 0.1) is 12.1 Å². The Labute approximate surface area is 125 Å². The van der Waals surface area contributed by atoms with Crippen LogP contribution in [0.15, 0.2) is 24.3 Å². The van der Waals surface area contributed by atoms with Gasteiger partial charge in [-0.05, 0) is 32.9 Å². The minimum atomic E-state index is -0.288. The van der Waals surface area contributed by atoms with Gasteiger partial charge in [0, 0.05) is 18.2 Å². The summed E-state index contributed by atoms with van der Waals surface area (Å²) in [5.41, 5.74) is 0.866. The predicted octanol–water partition coefficient (Wildman–Crippen LogP) is 1.50. The number of rotatable bonds is 2. The van der Waals surface area contributed by atoms with E-state index in [0.29, 0.717) is 11.1 Å². The monoisotopic (exact) mass is 287 g/mol. The van der Waals surface area contributed by atoms with Crippen molar-refractivity contribution in [2.24, 2.45) is 0 Å². The Morgan fingerprint density at radius 3 is 2.48 bits per heavy atom. The molecule has 3 amide bonds. The number of carbonyl (C=O) groups excluding carboxylic acids is 2. The lowest BCUT2D eigenvalue weighted by Gasteiger charge is -2.20. The van der Waals surface area contributed by atoms with Crippen LogP contribution >= 0.6 is 0 Å². The molecule has 0 unspecified atom stereocenters. The molecular formula is C16H21N3O2. The van der Waals surface area contributed by atoms with E-state index in [1.807, 2.05) is 26.8 Å². The lowest BCUT2D eigenvalue weighted by atomic mass is 10.1. The van der Waals surface area contributed by atoms with E-state index in [2.05, 4.69) is 27.8 Å². The van der Waals surface area contributed by atoms with Gasteiger partial charge in [-0.3, -0.25) is 4.79 Å². The summed E-state index contributed by atoms with van der Waals surface area (Å²) in [5, 5.41) is 7.99. The van der Waals surface area contributed by atoms with Gasteiger partial charge >= 0.3 is 6.03 Å². The van der Waals surface area contributed by atoms with Gasteiger partial charge in [-0.2, -0.15) is 0 Å². The molecule has 0 atom stereocenters. The highest BCUT2D eigenvalue weighted by atomic mass is 16.2. The molecule has 0 fully saturated rings. The number of urea groups is 1. The van der Waals surface area contributed by atoms with E-state index in [0.717, 1.165) is 0 Å². The zero-order chi connectivity index (χ0) is 15.9. The fourth-order valence-corrected chi connectivity index (χ4v) is 1.57. The van der Waals surface area contributed by atoms with Crippen molar-refractivity contribution in [1.29, 1.82) is 0 Å². The Morgan fingerprint density at radius 2 is 1.86 bits per heavy atom. The van der Waals surface area contributed by atoms with E-state index in [1.165, 1.54) is 0 Å². The van der Waals surface area contributed by atoms with Crippen LogP contribution in [-0.2, 0) is 0 Å². The number of amides is 3. The van der Waals surface area contributed by atoms with E-state index in [1.54, 1.807) is 25.2 Å². The van der Waals surface area contributed by atoms with Gasteiger partial charge in [-0.1, -0.05) is 24.0 Å². The van der Waals surface area contributed by atoms with Crippen molar-refractivity contribution in [3.63, 3.8) is 0 Å².